The van der Waals surface area contributed by atoms with E-state index in [0.29, 0.717) is 29.0 Å². The molecule has 25 heavy (non-hydrogen) atoms. The third-order valence-electron chi connectivity index (χ3n) is 4.79. The monoisotopic (exact) mass is 361 g/mol. The molecule has 3 rings (SSSR count). The van der Waals surface area contributed by atoms with Gasteiger partial charge in [0.1, 0.15) is 5.75 Å². The Labute approximate surface area is 153 Å². The molecule has 1 fully saturated rings. The van der Waals surface area contributed by atoms with Gasteiger partial charge in [0.15, 0.2) is 0 Å². The number of amides is 1. The second-order valence-corrected chi connectivity index (χ2v) is 6.93. The lowest BCUT2D eigenvalue weighted by Crippen LogP contribution is -2.33. The molecule has 1 aliphatic heterocycles. The third-order valence-corrected chi connectivity index (χ3v) is 5.20. The fourth-order valence-electron chi connectivity index (χ4n) is 3.47. The summed E-state index contributed by atoms with van der Waals surface area (Å²) in [5.41, 5.74) is 2.81. The van der Waals surface area contributed by atoms with E-state index in [4.69, 9.17) is 16.3 Å². The Morgan fingerprint density at radius 1 is 1.44 bits per heavy atom. The average molecular weight is 362 g/mol. The highest BCUT2D eigenvalue weighted by atomic mass is 35.5. The largest absolute Gasteiger partial charge is 0.495 e. The first-order valence-corrected chi connectivity index (χ1v) is 8.86. The van der Waals surface area contributed by atoms with Crippen LogP contribution in [0.4, 0.5) is 5.69 Å². The predicted molar refractivity (Wildman–Crippen MR) is 100 cm³/mol. The van der Waals surface area contributed by atoms with Gasteiger partial charge >= 0.3 is 0 Å². The molecule has 1 N–H and O–H groups in total. The number of nitrogens with zero attached hydrogens (tertiary/aromatic N) is 2. The van der Waals surface area contributed by atoms with E-state index in [1.54, 1.807) is 13.2 Å². The predicted octanol–water partition coefficient (Wildman–Crippen LogP) is 3.77. The van der Waals surface area contributed by atoms with Gasteiger partial charge in [0.25, 0.3) is 0 Å². The lowest BCUT2D eigenvalue weighted by Gasteiger charge is -2.24. The molecule has 2 heterocycles. The molecule has 1 aromatic carbocycles. The first-order valence-electron chi connectivity index (χ1n) is 8.49. The fraction of sp³-hybridized carbons (Fsp3) is 0.421. The van der Waals surface area contributed by atoms with Crippen LogP contribution in [0, 0.1) is 6.92 Å². The van der Waals surface area contributed by atoms with Crippen molar-refractivity contribution in [3.8, 4) is 5.75 Å². The van der Waals surface area contributed by atoms with Gasteiger partial charge in [-0.15, -0.1) is 0 Å². The van der Waals surface area contributed by atoms with Crippen molar-refractivity contribution in [3.05, 3.63) is 46.7 Å². The lowest BCUT2D eigenvalue weighted by atomic mass is 10.1. The number of nitrogens with one attached hydrogen (secondary N) is 1. The number of methoxy groups -OCH3 is 1. The average Bonchev–Trinajstić information content (AvgIpc) is 3.19. The van der Waals surface area contributed by atoms with E-state index in [0.717, 1.165) is 24.9 Å². The van der Waals surface area contributed by atoms with E-state index < -0.39 is 0 Å². The van der Waals surface area contributed by atoms with Gasteiger partial charge < -0.3 is 14.6 Å². The van der Waals surface area contributed by atoms with Gasteiger partial charge in [-0.3, -0.25) is 9.69 Å². The lowest BCUT2D eigenvalue weighted by molar-refractivity contribution is -0.117. The Bertz CT molecular complexity index is 772. The zero-order valence-electron chi connectivity index (χ0n) is 14.9. The van der Waals surface area contributed by atoms with Gasteiger partial charge in [-0.2, -0.15) is 0 Å². The van der Waals surface area contributed by atoms with Crippen molar-refractivity contribution in [2.24, 2.45) is 7.05 Å². The molecule has 1 aromatic heterocycles. The van der Waals surface area contributed by atoms with Crippen LogP contribution in [-0.4, -0.2) is 35.6 Å². The van der Waals surface area contributed by atoms with E-state index in [1.807, 2.05) is 32.3 Å². The Morgan fingerprint density at radius 2 is 2.24 bits per heavy atom. The molecule has 5 nitrogen and oxygen atoms in total. The molecule has 1 amide bonds. The highest BCUT2D eigenvalue weighted by Crippen LogP contribution is 2.33. The molecule has 1 atom stereocenters. The molecular formula is C19H24ClN3O2. The summed E-state index contributed by atoms with van der Waals surface area (Å²) in [6.45, 7) is 3.20. The number of carbonyl (C=O) groups is 1. The minimum Gasteiger partial charge on any atom is -0.495 e. The number of anilines is 1. The normalized spacial score (nSPS) is 17.7. The van der Waals surface area contributed by atoms with Crippen molar-refractivity contribution in [2.75, 3.05) is 25.5 Å². The van der Waals surface area contributed by atoms with E-state index in [2.05, 4.69) is 20.9 Å². The number of hydrogen-bond acceptors (Lipinski definition) is 3. The molecule has 0 bridgehead atoms. The second kappa shape index (κ2) is 7.50. The smallest absolute Gasteiger partial charge is 0.238 e. The summed E-state index contributed by atoms with van der Waals surface area (Å²) in [6.07, 6.45) is 4.23. The number of carbonyl (C=O) groups excluding carboxylic acids is 1. The van der Waals surface area contributed by atoms with Crippen LogP contribution in [0.15, 0.2) is 30.5 Å². The number of hydrogen-bond donors (Lipinski definition) is 1. The first kappa shape index (κ1) is 17.8. The van der Waals surface area contributed by atoms with Gasteiger partial charge in [-0.25, -0.2) is 0 Å². The van der Waals surface area contributed by atoms with E-state index in [9.17, 15) is 4.79 Å². The number of ether oxygens (including phenoxy) is 1. The van der Waals surface area contributed by atoms with Crippen molar-refractivity contribution in [2.45, 2.75) is 25.8 Å². The van der Waals surface area contributed by atoms with Gasteiger partial charge in [0.05, 0.1) is 25.4 Å². The SMILES string of the molecule is COc1cc(Cl)c(C)cc1NC(=O)CN1CCCC1c1cccn1C. The van der Waals surface area contributed by atoms with Crippen molar-refractivity contribution in [1.29, 1.82) is 0 Å². The molecule has 0 saturated carbocycles. The molecule has 0 aliphatic carbocycles. The summed E-state index contributed by atoms with van der Waals surface area (Å²) in [5.74, 6) is 0.533. The summed E-state index contributed by atoms with van der Waals surface area (Å²) in [7, 11) is 3.62. The molecule has 1 unspecified atom stereocenters. The van der Waals surface area contributed by atoms with Crippen LogP contribution in [0.2, 0.25) is 5.02 Å². The van der Waals surface area contributed by atoms with Crippen LogP contribution in [0.3, 0.4) is 0 Å². The van der Waals surface area contributed by atoms with Crippen LogP contribution in [-0.2, 0) is 11.8 Å². The molecule has 1 saturated heterocycles. The third kappa shape index (κ3) is 3.83. The zero-order valence-corrected chi connectivity index (χ0v) is 15.6. The van der Waals surface area contributed by atoms with Crippen LogP contribution in [0.25, 0.3) is 0 Å². The number of benzene rings is 1. The number of rotatable bonds is 5. The van der Waals surface area contributed by atoms with Gasteiger partial charge in [0.2, 0.25) is 5.91 Å². The molecule has 2 aromatic rings. The Balaban J connectivity index is 1.70. The van der Waals surface area contributed by atoms with Crippen LogP contribution in [0.1, 0.15) is 30.1 Å². The standard InChI is InChI=1S/C19H24ClN3O2/c1-13-10-15(18(25-3)11-14(13)20)21-19(24)12-23-9-5-7-17(23)16-6-4-8-22(16)2/h4,6,8,10-11,17H,5,7,9,12H2,1-3H3,(H,21,24). The van der Waals surface area contributed by atoms with Crippen molar-refractivity contribution < 1.29 is 9.53 Å². The number of aromatic nitrogens is 1. The zero-order chi connectivity index (χ0) is 18.0. The maximum absolute atomic E-state index is 12.6. The minimum atomic E-state index is -0.0406. The van der Waals surface area contributed by atoms with Gasteiger partial charge in [0, 0.05) is 30.0 Å². The summed E-state index contributed by atoms with van der Waals surface area (Å²) in [4.78, 5) is 14.8. The fourth-order valence-corrected chi connectivity index (χ4v) is 3.63. The topological polar surface area (TPSA) is 46.5 Å². The van der Waals surface area contributed by atoms with Crippen molar-refractivity contribution in [1.82, 2.24) is 9.47 Å². The van der Waals surface area contributed by atoms with E-state index in [1.165, 1.54) is 5.69 Å². The highest BCUT2D eigenvalue weighted by molar-refractivity contribution is 6.31. The van der Waals surface area contributed by atoms with Crippen LogP contribution in [0.5, 0.6) is 5.75 Å². The molecule has 0 radical (unpaired) electrons. The molecule has 6 heteroatoms. The Morgan fingerprint density at radius 3 is 2.92 bits per heavy atom. The molecule has 1 aliphatic rings. The van der Waals surface area contributed by atoms with Crippen LogP contribution < -0.4 is 10.1 Å². The summed E-state index contributed by atoms with van der Waals surface area (Å²) in [5, 5.41) is 3.59. The van der Waals surface area contributed by atoms with E-state index in [-0.39, 0.29) is 5.91 Å². The quantitative estimate of drug-likeness (QED) is 0.881. The second-order valence-electron chi connectivity index (χ2n) is 6.52. The Kier molecular flexibility index (Phi) is 5.35. The molecule has 0 spiro atoms. The van der Waals surface area contributed by atoms with Crippen molar-refractivity contribution >= 4 is 23.2 Å². The van der Waals surface area contributed by atoms with Gasteiger partial charge in [-0.05, 0) is 50.1 Å². The van der Waals surface area contributed by atoms with Gasteiger partial charge in [-0.1, -0.05) is 11.6 Å². The number of likely N-dealkylation sites (tertiary alicyclic amines) is 1. The van der Waals surface area contributed by atoms with Crippen molar-refractivity contribution in [3.63, 3.8) is 0 Å². The number of halogens is 1. The summed E-state index contributed by atoms with van der Waals surface area (Å²) >= 11 is 6.13. The molecule has 134 valence electrons. The summed E-state index contributed by atoms with van der Waals surface area (Å²) in [6, 6.07) is 8.05. The maximum Gasteiger partial charge on any atom is 0.238 e. The maximum atomic E-state index is 12.6. The summed E-state index contributed by atoms with van der Waals surface area (Å²) < 4.78 is 7.46. The van der Waals surface area contributed by atoms with E-state index >= 15 is 0 Å². The Hall–Kier alpha value is -1.98. The first-order chi connectivity index (χ1) is 12.0. The van der Waals surface area contributed by atoms with Crippen LogP contribution >= 0.6 is 11.6 Å². The number of aryl methyl sites for hydroxylation is 2. The minimum absolute atomic E-state index is 0.0406. The highest BCUT2D eigenvalue weighted by Gasteiger charge is 2.29. The molecular weight excluding hydrogens is 338 g/mol.